The van der Waals surface area contributed by atoms with Gasteiger partial charge in [0.05, 0.1) is 5.25 Å². The number of nitrogens with zero attached hydrogens (tertiary/aromatic N) is 2. The summed E-state index contributed by atoms with van der Waals surface area (Å²) < 4.78 is 0. The number of anilines is 1. The molecule has 110 valence electrons. The minimum absolute atomic E-state index is 0.398. The van der Waals surface area contributed by atoms with Gasteiger partial charge in [-0.1, -0.05) is 26.7 Å². The van der Waals surface area contributed by atoms with Gasteiger partial charge in [0.1, 0.15) is 11.6 Å². The lowest BCUT2D eigenvalue weighted by atomic mass is 10.0. The van der Waals surface area contributed by atoms with Crippen LogP contribution in [0.4, 0.5) is 5.82 Å². The predicted molar refractivity (Wildman–Crippen MR) is 89.4 cm³/mol. The van der Waals surface area contributed by atoms with Crippen LogP contribution >= 0.6 is 23.5 Å². The number of hydrogen-bond acceptors (Lipinski definition) is 5. The van der Waals surface area contributed by atoms with E-state index in [0.717, 1.165) is 11.6 Å². The molecular weight excluding hydrogens is 286 g/mol. The molecule has 2 heterocycles. The van der Waals surface area contributed by atoms with Gasteiger partial charge in [0.15, 0.2) is 0 Å². The smallest absolute Gasteiger partial charge is 0.144 e. The van der Waals surface area contributed by atoms with Gasteiger partial charge in [-0.15, -0.1) is 11.8 Å². The molecule has 5 heteroatoms. The van der Waals surface area contributed by atoms with Crippen molar-refractivity contribution in [1.82, 2.24) is 9.97 Å². The van der Waals surface area contributed by atoms with E-state index >= 15 is 0 Å². The highest BCUT2D eigenvalue weighted by molar-refractivity contribution is 8.07. The Morgan fingerprint density at radius 1 is 1.15 bits per heavy atom. The van der Waals surface area contributed by atoms with Crippen molar-refractivity contribution in [2.24, 2.45) is 0 Å². The molecule has 1 aromatic rings. The van der Waals surface area contributed by atoms with E-state index < -0.39 is 0 Å². The molecule has 2 N–H and O–H groups in total. The number of rotatable bonds is 2. The van der Waals surface area contributed by atoms with Gasteiger partial charge in [0.2, 0.25) is 0 Å². The molecular formula is C15H23N3S2. The van der Waals surface area contributed by atoms with Crippen LogP contribution < -0.4 is 5.73 Å². The standard InChI is InChI=1S/C15H23N3S2/c1-9-10(2)20-13(8-19-9)15-17-12(7-14(16)18-15)11-5-3-4-6-11/h7,9-11,13H,3-6,8H2,1-2H3,(H2,16,17,18). The van der Waals surface area contributed by atoms with Gasteiger partial charge in [-0.05, 0) is 12.8 Å². The monoisotopic (exact) mass is 309 g/mol. The molecule has 0 amide bonds. The van der Waals surface area contributed by atoms with Gasteiger partial charge in [-0.3, -0.25) is 0 Å². The van der Waals surface area contributed by atoms with Crippen LogP contribution in [0.1, 0.15) is 62.2 Å². The molecule has 0 spiro atoms. The predicted octanol–water partition coefficient (Wildman–Crippen LogP) is 4.01. The number of nitrogen functional groups attached to an aromatic ring is 1. The van der Waals surface area contributed by atoms with E-state index in [1.54, 1.807) is 0 Å². The first-order valence-corrected chi connectivity index (χ1v) is 9.54. The normalized spacial score (nSPS) is 31.6. The van der Waals surface area contributed by atoms with Crippen LogP contribution in [0.25, 0.3) is 0 Å². The zero-order valence-electron chi connectivity index (χ0n) is 12.2. The number of thioether (sulfide) groups is 2. The maximum absolute atomic E-state index is 6.03. The van der Waals surface area contributed by atoms with Gasteiger partial charge in [0.25, 0.3) is 0 Å². The lowest BCUT2D eigenvalue weighted by Gasteiger charge is -2.30. The number of aromatic nitrogens is 2. The summed E-state index contributed by atoms with van der Waals surface area (Å²) in [6.07, 6.45) is 5.17. The Morgan fingerprint density at radius 2 is 1.90 bits per heavy atom. The van der Waals surface area contributed by atoms with Crippen LogP contribution in [0, 0.1) is 0 Å². The van der Waals surface area contributed by atoms with Gasteiger partial charge < -0.3 is 5.73 Å². The largest absolute Gasteiger partial charge is 0.384 e. The summed E-state index contributed by atoms with van der Waals surface area (Å²) in [5.41, 5.74) is 7.21. The van der Waals surface area contributed by atoms with Gasteiger partial charge >= 0.3 is 0 Å². The molecule has 3 nitrogen and oxygen atoms in total. The van der Waals surface area contributed by atoms with Crippen LogP contribution in [0.2, 0.25) is 0 Å². The Labute approximate surface area is 129 Å². The quantitative estimate of drug-likeness (QED) is 0.894. The minimum Gasteiger partial charge on any atom is -0.384 e. The van der Waals surface area contributed by atoms with E-state index in [1.807, 2.05) is 29.6 Å². The van der Waals surface area contributed by atoms with Crippen LogP contribution in [0.3, 0.4) is 0 Å². The minimum atomic E-state index is 0.398. The van der Waals surface area contributed by atoms with Crippen molar-refractivity contribution in [3.8, 4) is 0 Å². The lowest BCUT2D eigenvalue weighted by molar-refractivity contribution is 0.684. The first kappa shape index (κ1) is 14.5. The summed E-state index contributed by atoms with van der Waals surface area (Å²) >= 11 is 4.04. The SMILES string of the molecule is CC1SCC(c2nc(N)cc(C3CCCC3)n2)SC1C. The van der Waals surface area contributed by atoms with E-state index in [1.165, 1.54) is 31.4 Å². The summed E-state index contributed by atoms with van der Waals surface area (Å²) in [4.78, 5) is 9.39. The topological polar surface area (TPSA) is 51.8 Å². The molecule has 3 unspecified atom stereocenters. The molecule has 20 heavy (non-hydrogen) atoms. The Kier molecular flexibility index (Phi) is 4.46. The lowest BCUT2D eigenvalue weighted by Crippen LogP contribution is -2.23. The van der Waals surface area contributed by atoms with Crippen LogP contribution in [0.15, 0.2) is 6.07 Å². The highest BCUT2D eigenvalue weighted by Crippen LogP contribution is 2.44. The Hall–Kier alpha value is -0.420. The molecule has 2 aliphatic rings. The molecule has 0 aromatic carbocycles. The Balaban J connectivity index is 1.82. The van der Waals surface area contributed by atoms with E-state index in [9.17, 15) is 0 Å². The average molecular weight is 310 g/mol. The second kappa shape index (κ2) is 6.14. The highest BCUT2D eigenvalue weighted by atomic mass is 32.2. The molecule has 1 aliphatic heterocycles. The van der Waals surface area contributed by atoms with Crippen molar-refractivity contribution in [2.45, 2.75) is 61.2 Å². The molecule has 1 saturated carbocycles. The number of hydrogen-bond donors (Lipinski definition) is 1. The third kappa shape index (κ3) is 3.08. The van der Waals surface area contributed by atoms with Crippen molar-refractivity contribution in [1.29, 1.82) is 0 Å². The van der Waals surface area contributed by atoms with E-state index in [4.69, 9.17) is 10.7 Å². The molecule has 0 bridgehead atoms. The first-order chi connectivity index (χ1) is 9.63. The van der Waals surface area contributed by atoms with Crippen LogP contribution in [0.5, 0.6) is 0 Å². The third-order valence-electron chi connectivity index (χ3n) is 4.39. The summed E-state index contributed by atoms with van der Waals surface area (Å²) in [5.74, 6) is 3.32. The maximum atomic E-state index is 6.03. The van der Waals surface area contributed by atoms with E-state index in [0.29, 0.717) is 27.5 Å². The fourth-order valence-electron chi connectivity index (χ4n) is 3.00. The zero-order valence-corrected chi connectivity index (χ0v) is 13.8. The molecule has 1 saturated heterocycles. The highest BCUT2D eigenvalue weighted by Gasteiger charge is 2.29. The van der Waals surface area contributed by atoms with Crippen molar-refractivity contribution >= 4 is 29.3 Å². The summed E-state index contributed by atoms with van der Waals surface area (Å²) in [6.45, 7) is 4.61. The Morgan fingerprint density at radius 3 is 2.60 bits per heavy atom. The van der Waals surface area contributed by atoms with Crippen molar-refractivity contribution < 1.29 is 0 Å². The molecule has 1 aliphatic carbocycles. The molecule has 3 rings (SSSR count). The zero-order chi connectivity index (χ0) is 14.1. The Bertz CT molecular complexity index is 474. The van der Waals surface area contributed by atoms with Crippen molar-refractivity contribution in [3.05, 3.63) is 17.6 Å². The fourth-order valence-corrected chi connectivity index (χ4v) is 5.84. The van der Waals surface area contributed by atoms with Gasteiger partial charge in [0, 0.05) is 33.9 Å². The van der Waals surface area contributed by atoms with Crippen LogP contribution in [-0.2, 0) is 0 Å². The third-order valence-corrected chi connectivity index (χ3v) is 7.78. The second-order valence-electron chi connectivity index (χ2n) is 5.93. The summed E-state index contributed by atoms with van der Waals surface area (Å²) in [5, 5.41) is 1.76. The molecule has 2 fully saturated rings. The summed E-state index contributed by atoms with van der Waals surface area (Å²) in [6, 6.07) is 1.99. The van der Waals surface area contributed by atoms with E-state index in [-0.39, 0.29) is 0 Å². The average Bonchev–Trinajstić information content (AvgIpc) is 2.95. The molecule has 1 aromatic heterocycles. The second-order valence-corrected chi connectivity index (χ2v) is 8.92. The number of nitrogens with two attached hydrogens (primary N) is 1. The van der Waals surface area contributed by atoms with E-state index in [2.05, 4.69) is 18.8 Å². The fraction of sp³-hybridized carbons (Fsp3) is 0.733. The van der Waals surface area contributed by atoms with Crippen molar-refractivity contribution in [2.75, 3.05) is 11.5 Å². The molecule has 0 radical (unpaired) electrons. The summed E-state index contributed by atoms with van der Waals surface area (Å²) in [7, 11) is 0. The van der Waals surface area contributed by atoms with Crippen molar-refractivity contribution in [3.63, 3.8) is 0 Å². The molecule has 3 atom stereocenters. The maximum Gasteiger partial charge on any atom is 0.144 e. The van der Waals surface area contributed by atoms with Gasteiger partial charge in [-0.2, -0.15) is 11.8 Å². The van der Waals surface area contributed by atoms with Gasteiger partial charge in [-0.25, -0.2) is 9.97 Å². The first-order valence-electron chi connectivity index (χ1n) is 7.55. The van der Waals surface area contributed by atoms with Crippen LogP contribution in [-0.4, -0.2) is 26.2 Å².